The number of carbonyl (C=O) groups is 1. The van der Waals surface area contributed by atoms with Crippen LogP contribution in [-0.2, 0) is 0 Å². The van der Waals surface area contributed by atoms with Crippen LogP contribution in [0.4, 0.5) is 0 Å². The Labute approximate surface area is 112 Å². The van der Waals surface area contributed by atoms with E-state index >= 15 is 0 Å². The van der Waals surface area contributed by atoms with Crippen LogP contribution in [0.1, 0.15) is 23.3 Å². The van der Waals surface area contributed by atoms with Crippen LogP contribution in [0.5, 0.6) is 5.75 Å². The second-order valence-electron chi connectivity index (χ2n) is 4.43. The average Bonchev–Trinajstić information content (AvgIpc) is 2.96. The van der Waals surface area contributed by atoms with Crippen LogP contribution in [0.3, 0.4) is 0 Å². The largest absolute Gasteiger partial charge is 0.489 e. The van der Waals surface area contributed by atoms with Crippen molar-refractivity contribution in [3.05, 3.63) is 24.0 Å². The number of aliphatic hydroxyl groups is 1. The zero-order valence-electron chi connectivity index (χ0n) is 10.8. The number of rotatable bonds is 6. The summed E-state index contributed by atoms with van der Waals surface area (Å²) in [5.74, 6) is 0.149. The van der Waals surface area contributed by atoms with Gasteiger partial charge in [0.2, 0.25) is 0 Å². The molecule has 1 aliphatic heterocycles. The van der Waals surface area contributed by atoms with E-state index in [0.717, 1.165) is 19.4 Å². The highest BCUT2D eigenvalue weighted by Gasteiger charge is 2.17. The summed E-state index contributed by atoms with van der Waals surface area (Å²) in [7, 11) is 0. The molecule has 0 radical (unpaired) electrons. The summed E-state index contributed by atoms with van der Waals surface area (Å²) in [4.78, 5) is 15.9. The molecule has 0 aliphatic carbocycles. The summed E-state index contributed by atoms with van der Waals surface area (Å²) in [6.07, 6.45) is 3.80. The first kappa shape index (κ1) is 13.8. The Balaban J connectivity index is 1.96. The lowest BCUT2D eigenvalue weighted by atomic mass is 10.2. The normalized spacial score (nSPS) is 18.3. The molecule has 1 aliphatic rings. The van der Waals surface area contributed by atoms with Crippen molar-refractivity contribution in [1.82, 2.24) is 15.6 Å². The number of aliphatic hydroxyl groups excluding tert-OH is 1. The quantitative estimate of drug-likeness (QED) is 0.671. The highest BCUT2D eigenvalue weighted by atomic mass is 16.5. The molecule has 1 atom stereocenters. The lowest BCUT2D eigenvalue weighted by molar-refractivity contribution is 0.0934. The number of nitrogens with one attached hydrogen (secondary N) is 2. The van der Waals surface area contributed by atoms with Crippen LogP contribution in [0.2, 0.25) is 0 Å². The number of ether oxygens (including phenoxy) is 1. The minimum absolute atomic E-state index is 0.0965. The molecule has 6 nitrogen and oxygen atoms in total. The van der Waals surface area contributed by atoms with Gasteiger partial charge in [0.05, 0.1) is 6.61 Å². The Morgan fingerprint density at radius 1 is 1.63 bits per heavy atom. The molecule has 104 valence electrons. The molecule has 1 fully saturated rings. The smallest absolute Gasteiger partial charge is 0.273 e. The maximum absolute atomic E-state index is 11.8. The molecule has 1 saturated heterocycles. The average molecular weight is 265 g/mol. The molecule has 1 unspecified atom stereocenters. The van der Waals surface area contributed by atoms with Crippen LogP contribution in [0.15, 0.2) is 18.3 Å². The van der Waals surface area contributed by atoms with Crippen LogP contribution >= 0.6 is 0 Å². The standard InChI is InChI=1S/C13H19N3O3/c17-8-7-16-13(18)12-11(4-2-6-15-12)19-9-10-3-1-5-14-10/h2,4,6,10,14,17H,1,3,5,7-9H2,(H,16,18). The number of amides is 1. The molecule has 1 aromatic rings. The molecule has 0 aromatic carbocycles. The summed E-state index contributed by atoms with van der Waals surface area (Å²) >= 11 is 0. The Bertz CT molecular complexity index is 419. The van der Waals surface area contributed by atoms with Crippen LogP contribution in [0.25, 0.3) is 0 Å². The molecule has 1 aromatic heterocycles. The first-order chi connectivity index (χ1) is 9.31. The molecule has 0 saturated carbocycles. The highest BCUT2D eigenvalue weighted by Crippen LogP contribution is 2.16. The predicted octanol–water partition coefficient (Wildman–Crippen LogP) is -0.0655. The third kappa shape index (κ3) is 3.90. The molecule has 0 bridgehead atoms. The number of hydrogen-bond acceptors (Lipinski definition) is 5. The van der Waals surface area contributed by atoms with Gasteiger partial charge in [-0.05, 0) is 31.5 Å². The first-order valence-electron chi connectivity index (χ1n) is 6.51. The van der Waals surface area contributed by atoms with E-state index in [1.165, 1.54) is 0 Å². The van der Waals surface area contributed by atoms with Gasteiger partial charge in [0.1, 0.15) is 6.61 Å². The molecular formula is C13H19N3O3. The van der Waals surface area contributed by atoms with Gasteiger partial charge >= 0.3 is 0 Å². The fraction of sp³-hybridized carbons (Fsp3) is 0.538. The summed E-state index contributed by atoms with van der Waals surface area (Å²) in [6, 6.07) is 3.81. The third-order valence-corrected chi connectivity index (χ3v) is 2.99. The second kappa shape index (κ2) is 7.06. The number of nitrogens with zero attached hydrogens (tertiary/aromatic N) is 1. The molecule has 3 N–H and O–H groups in total. The Kier molecular flexibility index (Phi) is 5.11. The Morgan fingerprint density at radius 3 is 3.26 bits per heavy atom. The fourth-order valence-corrected chi connectivity index (χ4v) is 2.02. The van der Waals surface area contributed by atoms with Crippen molar-refractivity contribution in [1.29, 1.82) is 0 Å². The van der Waals surface area contributed by atoms with Crippen molar-refractivity contribution in [3.8, 4) is 5.75 Å². The van der Waals surface area contributed by atoms with E-state index in [-0.39, 0.29) is 24.8 Å². The van der Waals surface area contributed by atoms with Crippen molar-refractivity contribution in [2.75, 3.05) is 26.3 Å². The van der Waals surface area contributed by atoms with Gasteiger partial charge in [-0.3, -0.25) is 4.79 Å². The van der Waals surface area contributed by atoms with Crippen LogP contribution in [-0.4, -0.2) is 48.3 Å². The Morgan fingerprint density at radius 2 is 2.53 bits per heavy atom. The molecule has 2 heterocycles. The minimum Gasteiger partial charge on any atom is -0.489 e. The Hall–Kier alpha value is -1.66. The van der Waals surface area contributed by atoms with E-state index in [9.17, 15) is 4.79 Å². The van der Waals surface area contributed by atoms with Gasteiger partial charge < -0.3 is 20.5 Å². The fourth-order valence-electron chi connectivity index (χ4n) is 2.02. The molecular weight excluding hydrogens is 246 g/mol. The van der Waals surface area contributed by atoms with Gasteiger partial charge in [-0.15, -0.1) is 0 Å². The SMILES string of the molecule is O=C(NCCO)c1ncccc1OCC1CCCN1. The van der Waals surface area contributed by atoms with Crippen LogP contribution < -0.4 is 15.4 Å². The minimum atomic E-state index is -0.330. The van der Waals surface area contributed by atoms with Crippen molar-refractivity contribution >= 4 is 5.91 Å². The van der Waals surface area contributed by atoms with E-state index in [4.69, 9.17) is 9.84 Å². The van der Waals surface area contributed by atoms with Crippen LogP contribution in [0, 0.1) is 0 Å². The second-order valence-corrected chi connectivity index (χ2v) is 4.43. The highest BCUT2D eigenvalue weighted by molar-refractivity contribution is 5.94. The molecule has 2 rings (SSSR count). The van der Waals surface area contributed by atoms with Crippen molar-refractivity contribution in [3.63, 3.8) is 0 Å². The van der Waals surface area contributed by atoms with Crippen molar-refractivity contribution in [2.24, 2.45) is 0 Å². The van der Waals surface area contributed by atoms with Gasteiger partial charge in [-0.1, -0.05) is 0 Å². The van der Waals surface area contributed by atoms with E-state index < -0.39 is 0 Å². The first-order valence-corrected chi connectivity index (χ1v) is 6.51. The molecule has 0 spiro atoms. The van der Waals surface area contributed by atoms with Gasteiger partial charge in [0.25, 0.3) is 5.91 Å². The summed E-state index contributed by atoms with van der Waals surface area (Å²) in [5.41, 5.74) is 0.258. The monoisotopic (exact) mass is 265 g/mol. The predicted molar refractivity (Wildman–Crippen MR) is 70.2 cm³/mol. The van der Waals surface area contributed by atoms with Gasteiger partial charge in [0.15, 0.2) is 11.4 Å². The number of carbonyl (C=O) groups excluding carboxylic acids is 1. The van der Waals surface area contributed by atoms with Crippen molar-refractivity contribution in [2.45, 2.75) is 18.9 Å². The van der Waals surface area contributed by atoms with E-state index in [0.29, 0.717) is 18.4 Å². The van der Waals surface area contributed by atoms with E-state index in [1.54, 1.807) is 18.3 Å². The van der Waals surface area contributed by atoms with Crippen molar-refractivity contribution < 1.29 is 14.6 Å². The lowest BCUT2D eigenvalue weighted by Gasteiger charge is -2.14. The van der Waals surface area contributed by atoms with Gasteiger partial charge in [0, 0.05) is 18.8 Å². The summed E-state index contributed by atoms with van der Waals surface area (Å²) < 4.78 is 5.67. The number of pyridine rings is 1. The van der Waals surface area contributed by atoms with Gasteiger partial charge in [-0.2, -0.15) is 0 Å². The molecule has 6 heteroatoms. The lowest BCUT2D eigenvalue weighted by Crippen LogP contribution is -2.30. The zero-order valence-corrected chi connectivity index (χ0v) is 10.8. The third-order valence-electron chi connectivity index (χ3n) is 2.99. The van der Waals surface area contributed by atoms with Gasteiger partial charge in [-0.25, -0.2) is 4.98 Å². The zero-order chi connectivity index (χ0) is 13.5. The number of hydrogen-bond donors (Lipinski definition) is 3. The van der Waals surface area contributed by atoms with E-state index in [1.807, 2.05) is 0 Å². The topological polar surface area (TPSA) is 83.5 Å². The van der Waals surface area contributed by atoms with E-state index in [2.05, 4.69) is 15.6 Å². The molecule has 1 amide bonds. The summed E-state index contributed by atoms with van der Waals surface area (Å²) in [5, 5.41) is 14.6. The number of aromatic nitrogens is 1. The summed E-state index contributed by atoms with van der Waals surface area (Å²) in [6.45, 7) is 1.66. The molecule has 19 heavy (non-hydrogen) atoms. The maximum atomic E-state index is 11.8. The maximum Gasteiger partial charge on any atom is 0.273 e.